The first-order chi connectivity index (χ1) is 12.9. The minimum Gasteiger partial charge on any atom is -0.352 e. The summed E-state index contributed by atoms with van der Waals surface area (Å²) in [4.78, 5) is 35.8. The molecule has 2 aromatic carbocycles. The van der Waals surface area contributed by atoms with Crippen LogP contribution in [0.25, 0.3) is 0 Å². The molecule has 0 radical (unpaired) electrons. The van der Waals surface area contributed by atoms with Gasteiger partial charge in [0.05, 0.1) is 6.54 Å². The summed E-state index contributed by atoms with van der Waals surface area (Å²) in [7, 11) is 0. The largest absolute Gasteiger partial charge is 0.352 e. The van der Waals surface area contributed by atoms with Crippen LogP contribution in [0.3, 0.4) is 0 Å². The van der Waals surface area contributed by atoms with E-state index in [1.807, 2.05) is 32.0 Å². The zero-order chi connectivity index (χ0) is 19.8. The zero-order valence-electron chi connectivity index (χ0n) is 15.3. The molecule has 3 N–H and O–H groups in total. The van der Waals surface area contributed by atoms with Gasteiger partial charge in [-0.1, -0.05) is 28.1 Å². The van der Waals surface area contributed by atoms with Crippen molar-refractivity contribution in [1.82, 2.24) is 10.6 Å². The van der Waals surface area contributed by atoms with E-state index in [9.17, 15) is 14.4 Å². The molecule has 0 unspecified atom stereocenters. The minimum absolute atomic E-state index is 0.0963. The van der Waals surface area contributed by atoms with Gasteiger partial charge < -0.3 is 16.0 Å². The molecular formula is C20H22BrN3O3. The second-order valence-electron chi connectivity index (χ2n) is 6.09. The molecular weight excluding hydrogens is 410 g/mol. The molecule has 3 amide bonds. The van der Waals surface area contributed by atoms with E-state index in [1.54, 1.807) is 24.3 Å². The Hall–Kier alpha value is -2.67. The van der Waals surface area contributed by atoms with Gasteiger partial charge in [0.1, 0.15) is 0 Å². The van der Waals surface area contributed by atoms with Crippen LogP contribution in [0.1, 0.15) is 27.9 Å². The van der Waals surface area contributed by atoms with Gasteiger partial charge in [-0.3, -0.25) is 14.4 Å². The molecule has 0 atom stereocenters. The van der Waals surface area contributed by atoms with E-state index in [4.69, 9.17) is 0 Å². The number of rotatable bonds is 7. The maximum atomic E-state index is 12.0. The third-order valence-electron chi connectivity index (χ3n) is 4.07. The number of nitrogens with one attached hydrogen (secondary N) is 3. The quantitative estimate of drug-likeness (QED) is 0.629. The molecule has 0 aliphatic heterocycles. The summed E-state index contributed by atoms with van der Waals surface area (Å²) in [5.74, 6) is -0.846. The van der Waals surface area contributed by atoms with E-state index >= 15 is 0 Å². The Morgan fingerprint density at radius 1 is 0.926 bits per heavy atom. The molecule has 2 rings (SSSR count). The molecule has 0 saturated carbocycles. The summed E-state index contributed by atoms with van der Waals surface area (Å²) in [6, 6.07) is 12.6. The molecule has 0 saturated heterocycles. The van der Waals surface area contributed by atoms with Gasteiger partial charge in [0.25, 0.3) is 5.91 Å². The third kappa shape index (κ3) is 6.53. The Morgan fingerprint density at radius 3 is 2.33 bits per heavy atom. The van der Waals surface area contributed by atoms with Crippen LogP contribution in [0.2, 0.25) is 0 Å². The minimum atomic E-state index is -0.303. The molecule has 0 fully saturated rings. The standard InChI is InChI=1S/C20H22BrN3O3/c1-13-4-3-5-17(14(13)2)24-19(26)12-23-18(25)10-11-22-20(27)15-6-8-16(21)9-7-15/h3-9H,10-12H2,1-2H3,(H,22,27)(H,23,25)(H,24,26). The Kier molecular flexibility index (Phi) is 7.55. The lowest BCUT2D eigenvalue weighted by molar-refractivity contribution is -0.124. The van der Waals surface area contributed by atoms with E-state index in [0.29, 0.717) is 5.56 Å². The van der Waals surface area contributed by atoms with Gasteiger partial charge in [-0.05, 0) is 55.3 Å². The van der Waals surface area contributed by atoms with Crippen molar-refractivity contribution < 1.29 is 14.4 Å². The number of benzene rings is 2. The molecule has 6 nitrogen and oxygen atoms in total. The Morgan fingerprint density at radius 2 is 1.63 bits per heavy atom. The lowest BCUT2D eigenvalue weighted by Crippen LogP contribution is -2.35. The van der Waals surface area contributed by atoms with Gasteiger partial charge in [0.15, 0.2) is 0 Å². The van der Waals surface area contributed by atoms with Gasteiger partial charge in [0.2, 0.25) is 11.8 Å². The molecule has 0 aliphatic carbocycles. The lowest BCUT2D eigenvalue weighted by atomic mass is 10.1. The van der Waals surface area contributed by atoms with Crippen molar-refractivity contribution in [1.29, 1.82) is 0 Å². The Balaban J connectivity index is 1.69. The summed E-state index contributed by atoms with van der Waals surface area (Å²) in [6.45, 7) is 3.97. The molecule has 0 heterocycles. The normalized spacial score (nSPS) is 10.2. The second kappa shape index (κ2) is 9.87. The molecule has 27 heavy (non-hydrogen) atoms. The number of carbonyl (C=O) groups excluding carboxylic acids is 3. The highest BCUT2D eigenvalue weighted by Crippen LogP contribution is 2.17. The van der Waals surface area contributed by atoms with Crippen LogP contribution in [-0.4, -0.2) is 30.8 Å². The third-order valence-corrected chi connectivity index (χ3v) is 4.60. The Labute approximate surface area is 166 Å². The van der Waals surface area contributed by atoms with E-state index in [1.165, 1.54) is 0 Å². The highest BCUT2D eigenvalue weighted by atomic mass is 79.9. The zero-order valence-corrected chi connectivity index (χ0v) is 16.9. The first-order valence-corrected chi connectivity index (χ1v) is 9.32. The van der Waals surface area contributed by atoms with E-state index in [2.05, 4.69) is 31.9 Å². The van der Waals surface area contributed by atoms with Crippen molar-refractivity contribution in [3.05, 3.63) is 63.6 Å². The van der Waals surface area contributed by atoms with Crippen molar-refractivity contribution in [2.75, 3.05) is 18.4 Å². The van der Waals surface area contributed by atoms with Crippen LogP contribution in [-0.2, 0) is 9.59 Å². The number of amides is 3. The first kappa shape index (κ1) is 20.6. The SMILES string of the molecule is Cc1cccc(NC(=O)CNC(=O)CCNC(=O)c2ccc(Br)cc2)c1C. The van der Waals surface area contributed by atoms with Gasteiger partial charge in [-0.2, -0.15) is 0 Å². The molecule has 0 spiro atoms. The number of hydrogen-bond acceptors (Lipinski definition) is 3. The van der Waals surface area contributed by atoms with Crippen molar-refractivity contribution in [2.24, 2.45) is 0 Å². The van der Waals surface area contributed by atoms with Crippen molar-refractivity contribution in [3.8, 4) is 0 Å². The van der Waals surface area contributed by atoms with E-state index < -0.39 is 0 Å². The average Bonchev–Trinajstić information content (AvgIpc) is 2.64. The maximum absolute atomic E-state index is 12.0. The van der Waals surface area contributed by atoms with Crippen LogP contribution in [0.15, 0.2) is 46.9 Å². The topological polar surface area (TPSA) is 87.3 Å². The molecule has 7 heteroatoms. The fraction of sp³-hybridized carbons (Fsp3) is 0.250. The highest BCUT2D eigenvalue weighted by Gasteiger charge is 2.09. The van der Waals surface area contributed by atoms with Crippen LogP contribution >= 0.6 is 15.9 Å². The van der Waals surface area contributed by atoms with Crippen molar-refractivity contribution in [3.63, 3.8) is 0 Å². The number of hydrogen-bond donors (Lipinski definition) is 3. The maximum Gasteiger partial charge on any atom is 0.251 e. The van der Waals surface area contributed by atoms with Gasteiger partial charge >= 0.3 is 0 Å². The number of anilines is 1. The van der Waals surface area contributed by atoms with Crippen LogP contribution in [0.4, 0.5) is 5.69 Å². The highest BCUT2D eigenvalue weighted by molar-refractivity contribution is 9.10. The van der Waals surface area contributed by atoms with Gasteiger partial charge in [0, 0.05) is 28.7 Å². The number of halogens is 1. The second-order valence-corrected chi connectivity index (χ2v) is 7.00. The number of aryl methyl sites for hydroxylation is 1. The van der Waals surface area contributed by atoms with Crippen LogP contribution < -0.4 is 16.0 Å². The monoisotopic (exact) mass is 431 g/mol. The van der Waals surface area contributed by atoms with Gasteiger partial charge in [-0.15, -0.1) is 0 Å². The summed E-state index contributed by atoms with van der Waals surface area (Å²) in [6.07, 6.45) is 0.0963. The average molecular weight is 432 g/mol. The first-order valence-electron chi connectivity index (χ1n) is 8.53. The lowest BCUT2D eigenvalue weighted by Gasteiger charge is -2.11. The summed E-state index contributed by atoms with van der Waals surface area (Å²) in [5, 5.41) is 8.00. The van der Waals surface area contributed by atoms with Crippen LogP contribution in [0.5, 0.6) is 0 Å². The van der Waals surface area contributed by atoms with Crippen molar-refractivity contribution in [2.45, 2.75) is 20.3 Å². The summed E-state index contributed by atoms with van der Waals surface area (Å²) >= 11 is 3.31. The fourth-order valence-corrected chi connectivity index (χ4v) is 2.61. The molecule has 0 aliphatic rings. The fourth-order valence-electron chi connectivity index (χ4n) is 2.34. The molecule has 142 valence electrons. The van der Waals surface area contributed by atoms with E-state index in [-0.39, 0.29) is 37.2 Å². The summed E-state index contributed by atoms with van der Waals surface area (Å²) < 4.78 is 0.887. The predicted octanol–water partition coefficient (Wildman–Crippen LogP) is 2.94. The van der Waals surface area contributed by atoms with E-state index in [0.717, 1.165) is 21.3 Å². The Bertz CT molecular complexity index is 835. The molecule has 0 bridgehead atoms. The van der Waals surface area contributed by atoms with Crippen LogP contribution in [0, 0.1) is 13.8 Å². The smallest absolute Gasteiger partial charge is 0.251 e. The van der Waals surface area contributed by atoms with Crippen molar-refractivity contribution >= 4 is 39.3 Å². The molecule has 0 aromatic heterocycles. The summed E-state index contributed by atoms with van der Waals surface area (Å²) in [5.41, 5.74) is 3.33. The molecule has 2 aromatic rings. The van der Waals surface area contributed by atoms with Gasteiger partial charge in [-0.25, -0.2) is 0 Å². The number of carbonyl (C=O) groups is 3. The predicted molar refractivity (Wildman–Crippen MR) is 109 cm³/mol.